The van der Waals surface area contributed by atoms with Crippen LogP contribution in [0.4, 0.5) is 0 Å². The van der Waals surface area contributed by atoms with Crippen molar-refractivity contribution in [1.29, 1.82) is 0 Å². The summed E-state index contributed by atoms with van der Waals surface area (Å²) in [5.41, 5.74) is 1.60. The van der Waals surface area contributed by atoms with Gasteiger partial charge in [0, 0.05) is 17.0 Å². The maximum Gasteiger partial charge on any atom is 0.258 e. The van der Waals surface area contributed by atoms with Crippen LogP contribution in [0.5, 0.6) is 5.75 Å². The molecule has 0 unspecified atom stereocenters. The van der Waals surface area contributed by atoms with E-state index in [0.29, 0.717) is 11.8 Å². The van der Waals surface area contributed by atoms with E-state index >= 15 is 0 Å². The number of rotatable bonds is 2. The van der Waals surface area contributed by atoms with E-state index in [1.54, 1.807) is 12.1 Å². The molecule has 1 saturated carbocycles. The summed E-state index contributed by atoms with van der Waals surface area (Å²) in [6.45, 7) is 1.86. The van der Waals surface area contributed by atoms with Crippen LogP contribution < -0.4 is 0 Å². The van der Waals surface area contributed by atoms with E-state index in [2.05, 4.69) is 10.1 Å². The second kappa shape index (κ2) is 5.65. The predicted octanol–water partition coefficient (Wildman–Crippen LogP) is 4.19. The van der Waals surface area contributed by atoms with E-state index in [-0.39, 0.29) is 5.75 Å². The molecule has 2 aromatic rings. The van der Waals surface area contributed by atoms with Gasteiger partial charge >= 0.3 is 0 Å². The summed E-state index contributed by atoms with van der Waals surface area (Å²) in [6, 6.07) is 5.37. The number of hydrogen-bond acceptors (Lipinski definition) is 4. The first kappa shape index (κ1) is 13.2. The molecule has 3 rings (SSSR count). The van der Waals surface area contributed by atoms with E-state index in [0.717, 1.165) is 29.8 Å². The van der Waals surface area contributed by atoms with Gasteiger partial charge in [-0.2, -0.15) is 4.98 Å². The van der Waals surface area contributed by atoms with Crippen LogP contribution >= 0.6 is 0 Å². The summed E-state index contributed by atoms with van der Waals surface area (Å²) in [6.07, 6.45) is 7.43. The molecule has 0 spiro atoms. The number of phenolic OH excluding ortho intramolecular Hbond substituents is 1. The van der Waals surface area contributed by atoms with Crippen molar-refractivity contribution in [3.63, 3.8) is 0 Å². The van der Waals surface area contributed by atoms with Crippen molar-refractivity contribution in [2.24, 2.45) is 0 Å². The van der Waals surface area contributed by atoms with Crippen molar-refractivity contribution in [2.45, 2.75) is 51.4 Å². The van der Waals surface area contributed by atoms with E-state index in [1.165, 1.54) is 25.7 Å². The highest BCUT2D eigenvalue weighted by Gasteiger charge is 2.21. The molecule has 0 bridgehead atoms. The third kappa shape index (κ3) is 2.55. The standard InChI is InChI=1S/C16H20N2O2/c1-11-13(9-6-10-14(11)19)16-17-15(18-20-16)12-7-4-2-3-5-8-12/h6,9-10,12,19H,2-5,7-8H2,1H3. The van der Waals surface area contributed by atoms with E-state index in [9.17, 15) is 5.11 Å². The fourth-order valence-corrected chi connectivity index (χ4v) is 2.90. The van der Waals surface area contributed by atoms with E-state index < -0.39 is 0 Å². The Morgan fingerprint density at radius 3 is 2.65 bits per heavy atom. The molecule has 1 aromatic carbocycles. The molecule has 0 radical (unpaired) electrons. The second-order valence-electron chi connectivity index (χ2n) is 5.60. The van der Waals surface area contributed by atoms with Gasteiger partial charge in [-0.25, -0.2) is 0 Å². The minimum atomic E-state index is 0.261. The SMILES string of the molecule is Cc1c(O)cccc1-c1nc(C2CCCCCC2)no1. The fraction of sp³-hybridized carbons (Fsp3) is 0.500. The molecule has 4 heteroatoms. The Balaban J connectivity index is 1.87. The second-order valence-corrected chi connectivity index (χ2v) is 5.60. The molecule has 1 heterocycles. The molecule has 106 valence electrons. The third-order valence-corrected chi connectivity index (χ3v) is 4.20. The first-order valence-electron chi connectivity index (χ1n) is 7.38. The maximum atomic E-state index is 9.76. The zero-order chi connectivity index (χ0) is 13.9. The van der Waals surface area contributed by atoms with Crippen LogP contribution in [-0.2, 0) is 0 Å². The molecule has 1 aromatic heterocycles. The van der Waals surface area contributed by atoms with Gasteiger partial charge in [0.1, 0.15) is 5.75 Å². The maximum absolute atomic E-state index is 9.76. The highest BCUT2D eigenvalue weighted by atomic mass is 16.5. The molecular weight excluding hydrogens is 252 g/mol. The zero-order valence-corrected chi connectivity index (χ0v) is 11.8. The van der Waals surface area contributed by atoms with Gasteiger partial charge < -0.3 is 9.63 Å². The van der Waals surface area contributed by atoms with Crippen molar-refractivity contribution in [3.05, 3.63) is 29.6 Å². The first-order chi connectivity index (χ1) is 9.75. The van der Waals surface area contributed by atoms with Crippen molar-refractivity contribution >= 4 is 0 Å². The van der Waals surface area contributed by atoms with E-state index in [4.69, 9.17) is 4.52 Å². The Morgan fingerprint density at radius 2 is 1.90 bits per heavy atom. The average molecular weight is 272 g/mol. The number of aromatic nitrogens is 2. The predicted molar refractivity (Wildman–Crippen MR) is 76.6 cm³/mol. The number of hydrogen-bond donors (Lipinski definition) is 1. The Kier molecular flexibility index (Phi) is 3.72. The van der Waals surface area contributed by atoms with Crippen LogP contribution in [0.25, 0.3) is 11.5 Å². The van der Waals surface area contributed by atoms with Gasteiger partial charge in [0.25, 0.3) is 5.89 Å². The lowest BCUT2D eigenvalue weighted by Crippen LogP contribution is -1.99. The molecule has 0 aliphatic heterocycles. The van der Waals surface area contributed by atoms with Crippen LogP contribution in [0, 0.1) is 6.92 Å². The van der Waals surface area contributed by atoms with Gasteiger partial charge in [0.15, 0.2) is 5.82 Å². The lowest BCUT2D eigenvalue weighted by Gasteiger charge is -2.07. The first-order valence-corrected chi connectivity index (χ1v) is 7.38. The van der Waals surface area contributed by atoms with Crippen molar-refractivity contribution in [1.82, 2.24) is 10.1 Å². The summed E-state index contributed by atoms with van der Waals surface area (Å²) >= 11 is 0. The number of phenols is 1. The molecule has 20 heavy (non-hydrogen) atoms. The molecule has 1 aliphatic carbocycles. The summed E-state index contributed by atoms with van der Waals surface area (Å²) in [4.78, 5) is 4.56. The number of benzene rings is 1. The molecule has 0 amide bonds. The van der Waals surface area contributed by atoms with Gasteiger partial charge in [-0.3, -0.25) is 0 Å². The molecule has 1 fully saturated rings. The number of aromatic hydroxyl groups is 1. The smallest absolute Gasteiger partial charge is 0.258 e. The monoisotopic (exact) mass is 272 g/mol. The van der Waals surface area contributed by atoms with Crippen molar-refractivity contribution in [2.75, 3.05) is 0 Å². The molecular formula is C16H20N2O2. The lowest BCUT2D eigenvalue weighted by molar-refractivity contribution is 0.409. The number of nitrogens with zero attached hydrogens (tertiary/aromatic N) is 2. The topological polar surface area (TPSA) is 59.2 Å². The minimum Gasteiger partial charge on any atom is -0.508 e. The van der Waals surface area contributed by atoms with Crippen LogP contribution in [0.2, 0.25) is 0 Å². The lowest BCUT2D eigenvalue weighted by atomic mass is 10.00. The Hall–Kier alpha value is -1.84. The summed E-state index contributed by atoms with van der Waals surface area (Å²) in [5.74, 6) is 2.02. The molecule has 0 saturated heterocycles. The molecule has 4 nitrogen and oxygen atoms in total. The van der Waals surface area contributed by atoms with Crippen LogP contribution in [0.15, 0.2) is 22.7 Å². The van der Waals surface area contributed by atoms with Gasteiger partial charge in [0.05, 0.1) is 0 Å². The normalized spacial score (nSPS) is 17.1. The third-order valence-electron chi connectivity index (χ3n) is 4.20. The summed E-state index contributed by atoms with van der Waals surface area (Å²) < 4.78 is 5.41. The Bertz CT molecular complexity index is 584. The molecule has 1 aliphatic rings. The Labute approximate surface area is 118 Å². The van der Waals surface area contributed by atoms with Crippen LogP contribution in [0.3, 0.4) is 0 Å². The van der Waals surface area contributed by atoms with Crippen LogP contribution in [0.1, 0.15) is 55.8 Å². The molecule has 1 N–H and O–H groups in total. The largest absolute Gasteiger partial charge is 0.508 e. The summed E-state index contributed by atoms with van der Waals surface area (Å²) in [7, 11) is 0. The van der Waals surface area contributed by atoms with E-state index in [1.807, 2.05) is 13.0 Å². The zero-order valence-electron chi connectivity index (χ0n) is 11.8. The van der Waals surface area contributed by atoms with Gasteiger partial charge in [-0.05, 0) is 31.9 Å². The highest BCUT2D eigenvalue weighted by Crippen LogP contribution is 2.33. The Morgan fingerprint density at radius 1 is 1.15 bits per heavy atom. The quantitative estimate of drug-likeness (QED) is 0.833. The van der Waals surface area contributed by atoms with Crippen molar-refractivity contribution in [3.8, 4) is 17.2 Å². The highest BCUT2D eigenvalue weighted by molar-refractivity contribution is 5.61. The van der Waals surface area contributed by atoms with Gasteiger partial charge in [0.2, 0.25) is 0 Å². The average Bonchev–Trinajstić information content (AvgIpc) is 2.77. The summed E-state index contributed by atoms with van der Waals surface area (Å²) in [5, 5.41) is 13.9. The van der Waals surface area contributed by atoms with Crippen LogP contribution in [-0.4, -0.2) is 15.2 Å². The van der Waals surface area contributed by atoms with Gasteiger partial charge in [-0.1, -0.05) is 36.9 Å². The van der Waals surface area contributed by atoms with Gasteiger partial charge in [-0.15, -0.1) is 0 Å². The molecule has 0 atom stereocenters. The van der Waals surface area contributed by atoms with Crippen molar-refractivity contribution < 1.29 is 9.63 Å². The minimum absolute atomic E-state index is 0.261. The fourth-order valence-electron chi connectivity index (χ4n) is 2.90.